The zero-order valence-corrected chi connectivity index (χ0v) is 14.0. The predicted octanol–water partition coefficient (Wildman–Crippen LogP) is 1.58. The number of ether oxygens (including phenoxy) is 1. The van der Waals surface area contributed by atoms with E-state index >= 15 is 0 Å². The van der Waals surface area contributed by atoms with Gasteiger partial charge in [-0.25, -0.2) is 0 Å². The highest BCUT2D eigenvalue weighted by molar-refractivity contribution is 5.97. The van der Waals surface area contributed by atoms with E-state index in [1.165, 1.54) is 12.8 Å². The molecule has 1 saturated heterocycles. The number of nitrogens with zero attached hydrogens (tertiary/aromatic N) is 1. The standard InChI is InChI=1S/C18H26N2O4/c21-13-7-10-19-18(23)15-8-3-4-9-16(15)24-14-17(22)20-11-5-1-2-6-12-20/h3-4,8-9,21H,1-2,5-7,10-14H2,(H,19,23). The lowest BCUT2D eigenvalue weighted by molar-refractivity contribution is -0.133. The van der Waals surface area contributed by atoms with Crippen LogP contribution in [0.5, 0.6) is 5.75 Å². The summed E-state index contributed by atoms with van der Waals surface area (Å²) >= 11 is 0. The number of hydrogen-bond donors (Lipinski definition) is 2. The first-order valence-electron chi connectivity index (χ1n) is 8.61. The molecule has 1 heterocycles. The van der Waals surface area contributed by atoms with Gasteiger partial charge in [0.25, 0.3) is 11.8 Å². The quantitative estimate of drug-likeness (QED) is 0.742. The average Bonchev–Trinajstić information content (AvgIpc) is 2.89. The van der Waals surface area contributed by atoms with Crippen LogP contribution >= 0.6 is 0 Å². The highest BCUT2D eigenvalue weighted by Gasteiger charge is 2.17. The molecule has 2 N–H and O–H groups in total. The molecule has 6 heteroatoms. The fourth-order valence-electron chi connectivity index (χ4n) is 2.71. The van der Waals surface area contributed by atoms with Crippen molar-refractivity contribution >= 4 is 11.8 Å². The lowest BCUT2D eigenvalue weighted by atomic mass is 10.2. The summed E-state index contributed by atoms with van der Waals surface area (Å²) in [4.78, 5) is 26.3. The number of rotatable bonds is 7. The Morgan fingerprint density at radius 3 is 2.54 bits per heavy atom. The first kappa shape index (κ1) is 18.3. The van der Waals surface area contributed by atoms with Crippen molar-refractivity contribution in [2.75, 3.05) is 32.8 Å². The second-order valence-electron chi connectivity index (χ2n) is 5.91. The molecule has 1 aliphatic heterocycles. The molecule has 1 aromatic carbocycles. The predicted molar refractivity (Wildman–Crippen MR) is 91.0 cm³/mol. The van der Waals surface area contributed by atoms with Gasteiger partial charge in [0.1, 0.15) is 5.75 Å². The number of nitrogens with one attached hydrogen (secondary N) is 1. The van der Waals surface area contributed by atoms with Crippen molar-refractivity contribution in [1.29, 1.82) is 0 Å². The Balaban J connectivity index is 1.92. The van der Waals surface area contributed by atoms with Crippen LogP contribution in [-0.4, -0.2) is 54.7 Å². The molecular formula is C18H26N2O4. The van der Waals surface area contributed by atoms with Crippen LogP contribution in [0.25, 0.3) is 0 Å². The van der Waals surface area contributed by atoms with Crippen LogP contribution in [0.2, 0.25) is 0 Å². The van der Waals surface area contributed by atoms with Gasteiger partial charge in [-0.1, -0.05) is 25.0 Å². The Kier molecular flexibility index (Phi) is 7.55. The van der Waals surface area contributed by atoms with Gasteiger partial charge in [0.05, 0.1) is 5.56 Å². The zero-order valence-electron chi connectivity index (χ0n) is 14.0. The molecule has 6 nitrogen and oxygen atoms in total. The molecule has 1 aromatic rings. The van der Waals surface area contributed by atoms with E-state index in [1.807, 2.05) is 4.90 Å². The fraction of sp³-hybridized carbons (Fsp3) is 0.556. The Bertz CT molecular complexity index is 540. The number of benzene rings is 1. The van der Waals surface area contributed by atoms with Crippen molar-refractivity contribution in [3.63, 3.8) is 0 Å². The van der Waals surface area contributed by atoms with Gasteiger partial charge >= 0.3 is 0 Å². The van der Waals surface area contributed by atoms with E-state index in [9.17, 15) is 9.59 Å². The number of para-hydroxylation sites is 1. The molecule has 2 amide bonds. The number of amides is 2. The van der Waals surface area contributed by atoms with Gasteiger partial charge in [0.15, 0.2) is 6.61 Å². The number of carbonyl (C=O) groups excluding carboxylic acids is 2. The van der Waals surface area contributed by atoms with E-state index in [0.29, 0.717) is 24.3 Å². The van der Waals surface area contributed by atoms with E-state index in [1.54, 1.807) is 24.3 Å². The van der Waals surface area contributed by atoms with E-state index in [4.69, 9.17) is 9.84 Å². The van der Waals surface area contributed by atoms with E-state index in [0.717, 1.165) is 25.9 Å². The van der Waals surface area contributed by atoms with Gasteiger partial charge in [-0.05, 0) is 31.4 Å². The Labute approximate surface area is 142 Å². The molecule has 24 heavy (non-hydrogen) atoms. The van der Waals surface area contributed by atoms with E-state index in [2.05, 4.69) is 5.32 Å². The smallest absolute Gasteiger partial charge is 0.260 e. The maximum absolute atomic E-state index is 12.3. The number of hydrogen-bond acceptors (Lipinski definition) is 4. The maximum atomic E-state index is 12.3. The van der Waals surface area contributed by atoms with Gasteiger partial charge in [-0.3, -0.25) is 9.59 Å². The molecule has 132 valence electrons. The maximum Gasteiger partial charge on any atom is 0.260 e. The van der Waals surface area contributed by atoms with Crippen molar-refractivity contribution < 1.29 is 19.4 Å². The number of aliphatic hydroxyl groups is 1. The van der Waals surface area contributed by atoms with Crippen molar-refractivity contribution in [3.05, 3.63) is 29.8 Å². The third-order valence-electron chi connectivity index (χ3n) is 4.06. The lowest BCUT2D eigenvalue weighted by Gasteiger charge is -2.20. The summed E-state index contributed by atoms with van der Waals surface area (Å²) in [6.07, 6.45) is 4.91. The van der Waals surface area contributed by atoms with Crippen LogP contribution in [0.4, 0.5) is 0 Å². The molecule has 2 rings (SSSR count). The summed E-state index contributed by atoms with van der Waals surface area (Å²) in [5.74, 6) is 0.107. The molecule has 0 bridgehead atoms. The number of likely N-dealkylation sites (tertiary alicyclic amines) is 1. The number of carbonyl (C=O) groups is 2. The molecule has 0 aliphatic carbocycles. The largest absolute Gasteiger partial charge is 0.483 e. The van der Waals surface area contributed by atoms with Crippen LogP contribution < -0.4 is 10.1 Å². The van der Waals surface area contributed by atoms with Gasteiger partial charge < -0.3 is 20.1 Å². The van der Waals surface area contributed by atoms with Crippen molar-refractivity contribution in [2.24, 2.45) is 0 Å². The highest BCUT2D eigenvalue weighted by atomic mass is 16.5. The van der Waals surface area contributed by atoms with Crippen molar-refractivity contribution in [1.82, 2.24) is 10.2 Å². The summed E-state index contributed by atoms with van der Waals surface area (Å²) in [6.45, 7) is 1.94. The average molecular weight is 334 g/mol. The summed E-state index contributed by atoms with van der Waals surface area (Å²) in [7, 11) is 0. The minimum absolute atomic E-state index is 0.0305. The van der Waals surface area contributed by atoms with Gasteiger partial charge in [0.2, 0.25) is 0 Å². The molecule has 0 unspecified atom stereocenters. The summed E-state index contributed by atoms with van der Waals surface area (Å²) in [5, 5.41) is 11.5. The first-order chi connectivity index (χ1) is 11.7. The summed E-state index contributed by atoms with van der Waals surface area (Å²) < 4.78 is 5.62. The second-order valence-corrected chi connectivity index (χ2v) is 5.91. The highest BCUT2D eigenvalue weighted by Crippen LogP contribution is 2.18. The number of aliphatic hydroxyl groups excluding tert-OH is 1. The van der Waals surface area contributed by atoms with Crippen molar-refractivity contribution in [2.45, 2.75) is 32.1 Å². The zero-order chi connectivity index (χ0) is 17.2. The topological polar surface area (TPSA) is 78.9 Å². The van der Waals surface area contributed by atoms with Gasteiger partial charge in [-0.15, -0.1) is 0 Å². The Morgan fingerprint density at radius 1 is 1.12 bits per heavy atom. The van der Waals surface area contributed by atoms with Crippen molar-refractivity contribution in [3.8, 4) is 5.75 Å². The van der Waals surface area contributed by atoms with Crippen LogP contribution in [0.1, 0.15) is 42.5 Å². The van der Waals surface area contributed by atoms with Crippen LogP contribution in [0.15, 0.2) is 24.3 Å². The molecule has 0 spiro atoms. The SMILES string of the molecule is O=C(NCCCO)c1ccccc1OCC(=O)N1CCCCCC1. The van der Waals surface area contributed by atoms with Crippen LogP contribution in [0.3, 0.4) is 0 Å². The molecular weight excluding hydrogens is 308 g/mol. The molecule has 0 saturated carbocycles. The summed E-state index contributed by atoms with van der Waals surface area (Å²) in [5.41, 5.74) is 0.402. The van der Waals surface area contributed by atoms with E-state index in [-0.39, 0.29) is 25.0 Å². The van der Waals surface area contributed by atoms with Gasteiger partial charge in [-0.2, -0.15) is 0 Å². The fourth-order valence-corrected chi connectivity index (χ4v) is 2.71. The molecule has 0 radical (unpaired) electrons. The normalized spacial score (nSPS) is 14.8. The third kappa shape index (κ3) is 5.53. The minimum atomic E-state index is -0.263. The lowest BCUT2D eigenvalue weighted by Crippen LogP contribution is -2.35. The van der Waals surface area contributed by atoms with Crippen LogP contribution in [0, 0.1) is 0 Å². The molecule has 0 aromatic heterocycles. The molecule has 0 atom stereocenters. The van der Waals surface area contributed by atoms with Crippen LogP contribution in [-0.2, 0) is 4.79 Å². The first-order valence-corrected chi connectivity index (χ1v) is 8.61. The Morgan fingerprint density at radius 2 is 1.83 bits per heavy atom. The van der Waals surface area contributed by atoms with E-state index < -0.39 is 0 Å². The third-order valence-corrected chi connectivity index (χ3v) is 4.06. The second kappa shape index (κ2) is 9.93. The monoisotopic (exact) mass is 334 g/mol. The molecule has 1 fully saturated rings. The van der Waals surface area contributed by atoms with Gasteiger partial charge in [0, 0.05) is 26.2 Å². The Hall–Kier alpha value is -2.08. The summed E-state index contributed by atoms with van der Waals surface area (Å²) in [6, 6.07) is 6.89. The molecule has 1 aliphatic rings. The minimum Gasteiger partial charge on any atom is -0.483 e.